The molecular formula is C17H18ClFN2O. The second-order valence-electron chi connectivity index (χ2n) is 5.17. The van der Waals surface area contributed by atoms with Gasteiger partial charge in [0, 0.05) is 16.8 Å². The van der Waals surface area contributed by atoms with E-state index in [0.29, 0.717) is 5.02 Å². The number of carbonyl (C=O) groups excluding carboxylic acids is 1. The highest BCUT2D eigenvalue weighted by Gasteiger charge is 2.18. The summed E-state index contributed by atoms with van der Waals surface area (Å²) in [6.07, 6.45) is 0. The monoisotopic (exact) mass is 320 g/mol. The fourth-order valence-electron chi connectivity index (χ4n) is 2.21. The second kappa shape index (κ2) is 7.27. The van der Waals surface area contributed by atoms with Crippen LogP contribution in [0.2, 0.25) is 5.02 Å². The van der Waals surface area contributed by atoms with Crippen LogP contribution in [0.4, 0.5) is 15.8 Å². The van der Waals surface area contributed by atoms with Crippen LogP contribution < -0.4 is 10.2 Å². The lowest BCUT2D eigenvalue weighted by atomic mass is 10.2. The number of nitrogens with one attached hydrogen (secondary N) is 1. The Balaban J connectivity index is 2.09. The Morgan fingerprint density at radius 1 is 1.23 bits per heavy atom. The molecule has 116 valence electrons. The number of carbonyl (C=O) groups is 1. The zero-order valence-electron chi connectivity index (χ0n) is 12.5. The van der Waals surface area contributed by atoms with E-state index in [0.717, 1.165) is 5.69 Å². The van der Waals surface area contributed by atoms with Crippen molar-refractivity contribution in [2.45, 2.75) is 19.9 Å². The molecule has 0 saturated carbocycles. The summed E-state index contributed by atoms with van der Waals surface area (Å²) in [6.45, 7) is 3.88. The first kappa shape index (κ1) is 16.3. The molecule has 0 aromatic heterocycles. The Hall–Kier alpha value is -2.07. The van der Waals surface area contributed by atoms with Crippen molar-refractivity contribution < 1.29 is 9.18 Å². The van der Waals surface area contributed by atoms with Crippen LogP contribution in [0.5, 0.6) is 0 Å². The molecule has 0 aliphatic heterocycles. The lowest BCUT2D eigenvalue weighted by molar-refractivity contribution is -0.117. The van der Waals surface area contributed by atoms with Gasteiger partial charge in [-0.3, -0.25) is 4.79 Å². The Morgan fingerprint density at radius 3 is 2.50 bits per heavy atom. The largest absolute Gasteiger partial charge is 0.374 e. The standard InChI is InChI=1S/C17H18ClFN2O/c1-12(2)21(14-6-4-3-5-7-14)17(22)11-20-16-9-8-13(18)10-15(16)19/h3-10,12,20H,11H2,1-2H3. The summed E-state index contributed by atoms with van der Waals surface area (Å²) in [5.41, 5.74) is 1.08. The average molecular weight is 321 g/mol. The van der Waals surface area contributed by atoms with Gasteiger partial charge >= 0.3 is 0 Å². The summed E-state index contributed by atoms with van der Waals surface area (Å²) in [6, 6.07) is 13.7. The first-order chi connectivity index (χ1) is 10.5. The van der Waals surface area contributed by atoms with E-state index in [1.165, 1.54) is 12.1 Å². The van der Waals surface area contributed by atoms with Gasteiger partial charge in [0.15, 0.2) is 0 Å². The van der Waals surface area contributed by atoms with Gasteiger partial charge in [-0.1, -0.05) is 29.8 Å². The molecule has 0 saturated heterocycles. The predicted molar refractivity (Wildman–Crippen MR) is 89.0 cm³/mol. The molecule has 0 fully saturated rings. The minimum absolute atomic E-state index is 0.00558. The molecule has 1 N–H and O–H groups in total. The number of rotatable bonds is 5. The molecule has 0 radical (unpaired) electrons. The SMILES string of the molecule is CC(C)N(C(=O)CNc1ccc(Cl)cc1F)c1ccccc1. The van der Waals surface area contributed by atoms with Crippen LogP contribution in [-0.2, 0) is 4.79 Å². The number of hydrogen-bond donors (Lipinski definition) is 1. The van der Waals surface area contributed by atoms with Crippen molar-refractivity contribution in [1.29, 1.82) is 0 Å². The molecule has 0 bridgehead atoms. The summed E-state index contributed by atoms with van der Waals surface area (Å²) in [7, 11) is 0. The lowest BCUT2D eigenvalue weighted by Gasteiger charge is -2.27. The molecule has 2 aromatic rings. The fraction of sp³-hybridized carbons (Fsp3) is 0.235. The number of halogens is 2. The van der Waals surface area contributed by atoms with Gasteiger partial charge in [-0.05, 0) is 44.2 Å². The number of para-hydroxylation sites is 1. The van der Waals surface area contributed by atoms with E-state index in [-0.39, 0.29) is 24.2 Å². The zero-order valence-corrected chi connectivity index (χ0v) is 13.3. The minimum atomic E-state index is -0.476. The predicted octanol–water partition coefficient (Wildman–Crippen LogP) is 4.33. The van der Waals surface area contributed by atoms with Crippen LogP contribution in [-0.4, -0.2) is 18.5 Å². The zero-order chi connectivity index (χ0) is 16.1. The van der Waals surface area contributed by atoms with E-state index in [2.05, 4.69) is 5.32 Å². The van der Waals surface area contributed by atoms with Crippen molar-refractivity contribution in [3.63, 3.8) is 0 Å². The molecule has 22 heavy (non-hydrogen) atoms. The van der Waals surface area contributed by atoms with Crippen LogP contribution in [0.3, 0.4) is 0 Å². The molecule has 2 rings (SSSR count). The maximum Gasteiger partial charge on any atom is 0.246 e. The van der Waals surface area contributed by atoms with Crippen molar-refractivity contribution in [3.8, 4) is 0 Å². The van der Waals surface area contributed by atoms with Gasteiger partial charge in [-0.15, -0.1) is 0 Å². The van der Waals surface area contributed by atoms with Crippen LogP contribution in [0.15, 0.2) is 48.5 Å². The molecule has 2 aromatic carbocycles. The summed E-state index contributed by atoms with van der Waals surface area (Å²) in [5.74, 6) is -0.605. The van der Waals surface area contributed by atoms with Crippen molar-refractivity contribution in [2.75, 3.05) is 16.8 Å². The summed E-state index contributed by atoms with van der Waals surface area (Å²) < 4.78 is 13.7. The molecule has 1 amide bonds. The summed E-state index contributed by atoms with van der Waals surface area (Å²) in [4.78, 5) is 14.1. The van der Waals surface area contributed by atoms with Gasteiger partial charge in [0.1, 0.15) is 5.82 Å². The quantitative estimate of drug-likeness (QED) is 0.889. The molecule has 0 aliphatic carbocycles. The minimum Gasteiger partial charge on any atom is -0.374 e. The van der Waals surface area contributed by atoms with E-state index >= 15 is 0 Å². The first-order valence-electron chi connectivity index (χ1n) is 7.05. The van der Waals surface area contributed by atoms with E-state index in [1.54, 1.807) is 11.0 Å². The van der Waals surface area contributed by atoms with Gasteiger partial charge in [-0.25, -0.2) is 4.39 Å². The third-order valence-corrected chi connectivity index (χ3v) is 3.42. The normalized spacial score (nSPS) is 10.6. The van der Waals surface area contributed by atoms with Gasteiger partial charge in [0.25, 0.3) is 0 Å². The highest BCUT2D eigenvalue weighted by molar-refractivity contribution is 6.30. The van der Waals surface area contributed by atoms with Crippen LogP contribution in [0.25, 0.3) is 0 Å². The number of anilines is 2. The van der Waals surface area contributed by atoms with E-state index in [1.807, 2.05) is 44.2 Å². The summed E-state index contributed by atoms with van der Waals surface area (Å²) >= 11 is 5.71. The summed E-state index contributed by atoms with van der Waals surface area (Å²) in [5, 5.41) is 3.14. The molecular weight excluding hydrogens is 303 g/mol. The third-order valence-electron chi connectivity index (χ3n) is 3.18. The number of hydrogen-bond acceptors (Lipinski definition) is 2. The van der Waals surface area contributed by atoms with Gasteiger partial charge in [-0.2, -0.15) is 0 Å². The Kier molecular flexibility index (Phi) is 5.39. The van der Waals surface area contributed by atoms with Gasteiger partial charge in [0.05, 0.1) is 12.2 Å². The van der Waals surface area contributed by atoms with Crippen LogP contribution in [0, 0.1) is 5.82 Å². The van der Waals surface area contributed by atoms with E-state index in [9.17, 15) is 9.18 Å². The van der Waals surface area contributed by atoms with Gasteiger partial charge < -0.3 is 10.2 Å². The van der Waals surface area contributed by atoms with Crippen LogP contribution in [0.1, 0.15) is 13.8 Å². The topological polar surface area (TPSA) is 32.3 Å². The molecule has 0 atom stereocenters. The van der Waals surface area contributed by atoms with E-state index in [4.69, 9.17) is 11.6 Å². The Bertz CT molecular complexity index is 646. The molecule has 0 spiro atoms. The highest BCUT2D eigenvalue weighted by atomic mass is 35.5. The number of benzene rings is 2. The number of amides is 1. The highest BCUT2D eigenvalue weighted by Crippen LogP contribution is 2.20. The third kappa shape index (κ3) is 3.98. The lowest BCUT2D eigenvalue weighted by Crippen LogP contribution is -2.40. The van der Waals surface area contributed by atoms with Gasteiger partial charge in [0.2, 0.25) is 5.91 Å². The Labute approximate surface area is 134 Å². The van der Waals surface area contributed by atoms with Crippen molar-refractivity contribution in [3.05, 3.63) is 59.4 Å². The van der Waals surface area contributed by atoms with E-state index < -0.39 is 5.82 Å². The fourth-order valence-corrected chi connectivity index (χ4v) is 2.37. The van der Waals surface area contributed by atoms with Crippen molar-refractivity contribution >= 4 is 28.9 Å². The maximum atomic E-state index is 13.7. The molecule has 0 aliphatic rings. The first-order valence-corrected chi connectivity index (χ1v) is 7.43. The molecule has 3 nitrogen and oxygen atoms in total. The average Bonchev–Trinajstić information content (AvgIpc) is 2.47. The number of nitrogens with zero attached hydrogens (tertiary/aromatic N) is 1. The van der Waals surface area contributed by atoms with Crippen LogP contribution >= 0.6 is 11.6 Å². The van der Waals surface area contributed by atoms with Crippen molar-refractivity contribution in [2.24, 2.45) is 0 Å². The molecule has 0 unspecified atom stereocenters. The molecule has 5 heteroatoms. The molecule has 0 heterocycles. The smallest absolute Gasteiger partial charge is 0.246 e. The maximum absolute atomic E-state index is 13.7. The Morgan fingerprint density at radius 2 is 1.91 bits per heavy atom. The van der Waals surface area contributed by atoms with Crippen molar-refractivity contribution in [1.82, 2.24) is 0 Å². The second-order valence-corrected chi connectivity index (χ2v) is 5.61.